The zero-order valence-electron chi connectivity index (χ0n) is 24.2. The quantitative estimate of drug-likeness (QED) is 0.324. The molecule has 2 aromatic carbocycles. The maximum atomic E-state index is 14.8. The molecule has 0 unspecified atom stereocenters. The van der Waals surface area contributed by atoms with Crippen LogP contribution in [0.5, 0.6) is 5.75 Å². The second kappa shape index (κ2) is 11.4. The molecule has 2 aliphatic heterocycles. The van der Waals surface area contributed by atoms with Crippen molar-refractivity contribution in [2.24, 2.45) is 0 Å². The lowest BCUT2D eigenvalue weighted by Crippen LogP contribution is -2.41. The lowest BCUT2D eigenvalue weighted by molar-refractivity contribution is -0.137. The molecule has 0 aliphatic carbocycles. The summed E-state index contributed by atoms with van der Waals surface area (Å²) in [6.07, 6.45) is -5.23. The SMILES string of the molecule is COc1cc(F)c(C(C)C)cc1C1=C(CN2C(=O)O[C@H](c3cc(C)cc(C(F)(F)F)c3)[C@@H]2C)CN(C(C)C)CC1. The third-order valence-corrected chi connectivity index (χ3v) is 7.97. The molecule has 2 atom stereocenters. The summed E-state index contributed by atoms with van der Waals surface area (Å²) in [7, 11) is 1.51. The second-order valence-corrected chi connectivity index (χ2v) is 11.4. The summed E-state index contributed by atoms with van der Waals surface area (Å²) in [6, 6.07) is 6.82. The molecule has 40 heavy (non-hydrogen) atoms. The summed E-state index contributed by atoms with van der Waals surface area (Å²) < 4.78 is 66.6. The highest BCUT2D eigenvalue weighted by molar-refractivity contribution is 5.77. The van der Waals surface area contributed by atoms with Crippen LogP contribution < -0.4 is 4.74 Å². The van der Waals surface area contributed by atoms with Crippen LogP contribution in [0.4, 0.5) is 22.4 Å². The number of hydrogen-bond acceptors (Lipinski definition) is 4. The van der Waals surface area contributed by atoms with Gasteiger partial charge in [0.2, 0.25) is 0 Å². The molecule has 0 bridgehead atoms. The summed E-state index contributed by atoms with van der Waals surface area (Å²) >= 11 is 0. The summed E-state index contributed by atoms with van der Waals surface area (Å²) in [5.41, 5.74) is 3.36. The Morgan fingerprint density at radius 2 is 1.80 bits per heavy atom. The monoisotopic (exact) mass is 562 g/mol. The highest BCUT2D eigenvalue weighted by Crippen LogP contribution is 2.40. The molecule has 9 heteroatoms. The van der Waals surface area contributed by atoms with Crippen molar-refractivity contribution in [2.45, 2.75) is 78.2 Å². The number of ether oxygens (including phenoxy) is 2. The van der Waals surface area contributed by atoms with E-state index in [0.29, 0.717) is 35.4 Å². The first-order valence-corrected chi connectivity index (χ1v) is 13.7. The van der Waals surface area contributed by atoms with E-state index in [4.69, 9.17) is 9.47 Å². The number of hydrogen-bond donors (Lipinski definition) is 0. The van der Waals surface area contributed by atoms with Gasteiger partial charge in [-0.05, 0) is 80.5 Å². The molecule has 0 N–H and O–H groups in total. The lowest BCUT2D eigenvalue weighted by Gasteiger charge is -2.36. The molecule has 0 aromatic heterocycles. The van der Waals surface area contributed by atoms with E-state index in [1.165, 1.54) is 13.2 Å². The van der Waals surface area contributed by atoms with Gasteiger partial charge in [0.05, 0.1) is 18.7 Å². The predicted molar refractivity (Wildman–Crippen MR) is 147 cm³/mol. The minimum atomic E-state index is -4.50. The summed E-state index contributed by atoms with van der Waals surface area (Å²) in [5.74, 6) is 0.0739. The molecule has 1 amide bonds. The first kappa shape index (κ1) is 29.9. The van der Waals surface area contributed by atoms with E-state index in [1.807, 2.05) is 19.9 Å². The highest BCUT2D eigenvalue weighted by Gasteiger charge is 2.42. The van der Waals surface area contributed by atoms with Crippen molar-refractivity contribution in [3.8, 4) is 5.75 Å². The highest BCUT2D eigenvalue weighted by atomic mass is 19.4. The maximum absolute atomic E-state index is 14.8. The molecule has 4 rings (SSSR count). The van der Waals surface area contributed by atoms with Crippen LogP contribution in [0.3, 0.4) is 0 Å². The first-order chi connectivity index (χ1) is 18.7. The molecule has 1 fully saturated rings. The van der Waals surface area contributed by atoms with Crippen LogP contribution in [0.25, 0.3) is 5.57 Å². The fourth-order valence-corrected chi connectivity index (χ4v) is 5.69. The van der Waals surface area contributed by atoms with Crippen LogP contribution in [0.2, 0.25) is 0 Å². The van der Waals surface area contributed by atoms with Crippen molar-refractivity contribution >= 4 is 11.7 Å². The number of carbonyl (C=O) groups is 1. The van der Waals surface area contributed by atoms with E-state index in [0.717, 1.165) is 35.4 Å². The fourth-order valence-electron chi connectivity index (χ4n) is 5.69. The third-order valence-electron chi connectivity index (χ3n) is 7.97. The molecule has 5 nitrogen and oxygen atoms in total. The number of aryl methyl sites for hydroxylation is 1. The largest absolute Gasteiger partial charge is 0.496 e. The number of rotatable bonds is 7. The third kappa shape index (κ3) is 5.99. The van der Waals surface area contributed by atoms with Crippen molar-refractivity contribution in [2.75, 3.05) is 26.7 Å². The Morgan fingerprint density at radius 3 is 2.40 bits per heavy atom. The molecule has 2 heterocycles. The number of methoxy groups -OCH3 is 1. The van der Waals surface area contributed by atoms with Crippen LogP contribution in [-0.2, 0) is 10.9 Å². The van der Waals surface area contributed by atoms with Gasteiger partial charge in [-0.2, -0.15) is 13.2 Å². The van der Waals surface area contributed by atoms with Gasteiger partial charge in [-0.15, -0.1) is 0 Å². The fraction of sp³-hybridized carbons (Fsp3) is 0.516. The summed E-state index contributed by atoms with van der Waals surface area (Å²) in [6.45, 7) is 13.1. The number of nitrogens with zero attached hydrogens (tertiary/aromatic N) is 2. The predicted octanol–water partition coefficient (Wildman–Crippen LogP) is 7.73. The van der Waals surface area contributed by atoms with Crippen LogP contribution in [-0.4, -0.2) is 54.7 Å². The zero-order valence-corrected chi connectivity index (χ0v) is 24.2. The van der Waals surface area contributed by atoms with E-state index in [1.54, 1.807) is 24.8 Å². The van der Waals surface area contributed by atoms with Gasteiger partial charge >= 0.3 is 12.3 Å². The van der Waals surface area contributed by atoms with Crippen LogP contribution in [0, 0.1) is 12.7 Å². The number of alkyl halides is 3. The van der Waals surface area contributed by atoms with Crippen molar-refractivity contribution in [3.05, 3.63) is 69.5 Å². The second-order valence-electron chi connectivity index (χ2n) is 11.4. The number of carbonyl (C=O) groups excluding carboxylic acids is 1. The molecule has 1 saturated heterocycles. The van der Waals surface area contributed by atoms with Crippen LogP contribution >= 0.6 is 0 Å². The topological polar surface area (TPSA) is 42.0 Å². The summed E-state index contributed by atoms with van der Waals surface area (Å²) in [4.78, 5) is 17.0. The maximum Gasteiger partial charge on any atom is 0.416 e. The average Bonchev–Trinajstić information content (AvgIpc) is 3.15. The van der Waals surface area contributed by atoms with Gasteiger partial charge in [0.15, 0.2) is 0 Å². The number of cyclic esters (lactones) is 1. The standard InChI is InChI=1S/C31H38F4N2O3/c1-17(2)25-13-26(28(39-7)14-27(25)32)24-8-9-36(18(3)4)15-22(24)16-37-20(6)29(40-30(37)38)21-10-19(5)11-23(12-21)31(33,34)35/h10-14,17-18,20,29H,8-9,15-16H2,1-7H3/t20-,29-/m0/s1. The van der Waals surface area contributed by atoms with Gasteiger partial charge < -0.3 is 9.47 Å². The van der Waals surface area contributed by atoms with E-state index >= 15 is 0 Å². The Morgan fingerprint density at radius 1 is 1.10 bits per heavy atom. The normalized spacial score (nSPS) is 20.6. The lowest BCUT2D eigenvalue weighted by atomic mass is 9.88. The van der Waals surface area contributed by atoms with Gasteiger partial charge in [-0.1, -0.05) is 25.5 Å². The Kier molecular flexibility index (Phi) is 8.54. The van der Waals surface area contributed by atoms with Crippen LogP contribution in [0.15, 0.2) is 35.9 Å². The van der Waals surface area contributed by atoms with Gasteiger partial charge in [0, 0.05) is 37.3 Å². The van der Waals surface area contributed by atoms with E-state index in [9.17, 15) is 22.4 Å². The van der Waals surface area contributed by atoms with Gasteiger partial charge in [-0.25, -0.2) is 9.18 Å². The Hall–Kier alpha value is -3.07. The Bertz CT molecular complexity index is 1300. The Balaban J connectivity index is 1.74. The van der Waals surface area contributed by atoms with Gasteiger partial charge in [0.25, 0.3) is 0 Å². The van der Waals surface area contributed by atoms with Crippen molar-refractivity contribution < 1.29 is 31.8 Å². The number of amides is 1. The molecular weight excluding hydrogens is 524 g/mol. The summed E-state index contributed by atoms with van der Waals surface area (Å²) in [5, 5.41) is 0. The van der Waals surface area contributed by atoms with Crippen LogP contribution in [0.1, 0.15) is 80.9 Å². The molecular formula is C31H38F4N2O3. The van der Waals surface area contributed by atoms with Crippen molar-refractivity contribution in [3.63, 3.8) is 0 Å². The first-order valence-electron chi connectivity index (χ1n) is 13.7. The van der Waals surface area contributed by atoms with Gasteiger partial charge in [-0.3, -0.25) is 9.80 Å². The Labute approximate surface area is 233 Å². The molecule has 2 aromatic rings. The molecule has 0 saturated carbocycles. The van der Waals surface area contributed by atoms with Crippen molar-refractivity contribution in [1.82, 2.24) is 9.80 Å². The van der Waals surface area contributed by atoms with Gasteiger partial charge in [0.1, 0.15) is 17.7 Å². The van der Waals surface area contributed by atoms with E-state index in [-0.39, 0.29) is 24.3 Å². The molecule has 0 radical (unpaired) electrons. The molecule has 0 spiro atoms. The number of halogens is 4. The minimum Gasteiger partial charge on any atom is -0.496 e. The minimum absolute atomic E-state index is 0.0327. The average molecular weight is 563 g/mol. The van der Waals surface area contributed by atoms with E-state index in [2.05, 4.69) is 18.7 Å². The molecule has 218 valence electrons. The van der Waals surface area contributed by atoms with E-state index < -0.39 is 30.0 Å². The smallest absolute Gasteiger partial charge is 0.416 e. The zero-order chi connectivity index (χ0) is 29.5. The van der Waals surface area contributed by atoms with Crippen molar-refractivity contribution in [1.29, 1.82) is 0 Å². The number of benzene rings is 2. The molecule has 2 aliphatic rings.